The normalized spacial score (nSPS) is 21.4. The maximum atomic E-state index is 11.7. The van der Waals surface area contributed by atoms with E-state index in [1.54, 1.807) is 0 Å². The van der Waals surface area contributed by atoms with Gasteiger partial charge in [-0.1, -0.05) is 0 Å². The molecular weight excluding hydrogens is 236 g/mol. The highest BCUT2D eigenvalue weighted by Crippen LogP contribution is 2.16. The molecule has 0 bridgehead atoms. The minimum absolute atomic E-state index is 0.00676. The van der Waals surface area contributed by atoms with Crippen LogP contribution in [0.25, 0.3) is 0 Å². The summed E-state index contributed by atoms with van der Waals surface area (Å²) < 4.78 is 1.93. The Bertz CT molecular complexity index is 387. The molecule has 1 fully saturated rings. The second-order valence-corrected chi connectivity index (χ2v) is 5.37. The van der Waals surface area contributed by atoms with E-state index in [2.05, 4.69) is 15.7 Å². The van der Waals surface area contributed by atoms with Gasteiger partial charge >= 0.3 is 0 Å². The van der Waals surface area contributed by atoms with Crippen molar-refractivity contribution in [3.8, 4) is 0 Å². The van der Waals surface area contributed by atoms with Crippen LogP contribution in [-0.4, -0.2) is 40.3 Å². The number of amides is 1. The van der Waals surface area contributed by atoms with Crippen LogP contribution in [0, 0.1) is 0 Å². The quantitative estimate of drug-likeness (QED) is 0.845. The van der Waals surface area contributed by atoms with Crippen molar-refractivity contribution in [2.45, 2.75) is 24.6 Å². The van der Waals surface area contributed by atoms with Gasteiger partial charge in [-0.3, -0.25) is 9.48 Å². The number of hydrogen-bond donors (Lipinski definition) is 2. The third-order valence-electron chi connectivity index (χ3n) is 2.99. The van der Waals surface area contributed by atoms with Gasteiger partial charge in [0, 0.05) is 18.8 Å². The Morgan fingerprint density at radius 1 is 1.76 bits per heavy atom. The summed E-state index contributed by atoms with van der Waals surface area (Å²) in [6.45, 7) is 3.88. The van der Waals surface area contributed by atoms with Crippen LogP contribution in [0.15, 0.2) is 12.3 Å². The van der Waals surface area contributed by atoms with Gasteiger partial charge in [0.2, 0.25) is 5.91 Å². The minimum atomic E-state index is -0.0479. The van der Waals surface area contributed by atoms with Gasteiger partial charge in [-0.05, 0) is 26.1 Å². The van der Waals surface area contributed by atoms with E-state index in [1.807, 2.05) is 30.1 Å². The van der Waals surface area contributed by atoms with Crippen LogP contribution < -0.4 is 10.6 Å². The summed E-state index contributed by atoms with van der Waals surface area (Å²) >= 11 is 1.53. The van der Waals surface area contributed by atoms with Gasteiger partial charge in [-0.2, -0.15) is 16.9 Å². The predicted molar refractivity (Wildman–Crippen MR) is 70.4 cm³/mol. The van der Waals surface area contributed by atoms with Crippen LogP contribution in [0.5, 0.6) is 0 Å². The van der Waals surface area contributed by atoms with E-state index in [4.69, 9.17) is 0 Å². The zero-order valence-corrected chi connectivity index (χ0v) is 11.0. The van der Waals surface area contributed by atoms with Gasteiger partial charge < -0.3 is 10.6 Å². The number of thioether (sulfide) groups is 1. The Hall–Kier alpha value is -1.01. The molecule has 1 aromatic rings. The first-order chi connectivity index (χ1) is 8.20. The van der Waals surface area contributed by atoms with Gasteiger partial charge in [0.1, 0.15) is 0 Å². The molecule has 0 aliphatic carbocycles. The van der Waals surface area contributed by atoms with Crippen LogP contribution in [0.1, 0.15) is 19.4 Å². The first kappa shape index (κ1) is 12.4. The summed E-state index contributed by atoms with van der Waals surface area (Å²) in [7, 11) is 0. The molecule has 2 N–H and O–H groups in total. The number of carbonyl (C=O) groups is 1. The van der Waals surface area contributed by atoms with Crippen molar-refractivity contribution in [2.75, 3.05) is 24.7 Å². The molecule has 1 aliphatic rings. The highest BCUT2D eigenvalue weighted by Gasteiger charge is 2.18. The number of carbonyl (C=O) groups excluding carboxylic acids is 1. The third-order valence-corrected chi connectivity index (χ3v) is 3.91. The van der Waals surface area contributed by atoms with Gasteiger partial charge in [-0.25, -0.2) is 0 Å². The molecule has 2 atom stereocenters. The first-order valence-corrected chi connectivity index (χ1v) is 7.09. The molecule has 1 saturated heterocycles. The topological polar surface area (TPSA) is 59.0 Å². The molecule has 17 heavy (non-hydrogen) atoms. The zero-order valence-electron chi connectivity index (χ0n) is 10.1. The number of rotatable bonds is 4. The molecule has 2 rings (SSSR count). The highest BCUT2D eigenvalue weighted by molar-refractivity contribution is 7.99. The maximum absolute atomic E-state index is 11.7. The maximum Gasteiger partial charge on any atom is 0.238 e. The lowest BCUT2D eigenvalue weighted by atomic mass is 10.3. The average Bonchev–Trinajstić information content (AvgIpc) is 2.97. The lowest BCUT2D eigenvalue weighted by Gasteiger charge is -2.09. The molecule has 1 aromatic heterocycles. The van der Waals surface area contributed by atoms with Crippen molar-refractivity contribution in [3.63, 3.8) is 0 Å². The zero-order chi connectivity index (χ0) is 12.3. The van der Waals surface area contributed by atoms with Crippen molar-refractivity contribution in [2.24, 2.45) is 0 Å². The van der Waals surface area contributed by atoms with E-state index in [0.29, 0.717) is 11.9 Å². The standard InChI is InChI=1S/C11H18N4OS/c1-8(17-2)11(16)13-10-4-6-15(14-10)9-3-5-12-7-9/h4,6,8-9,12H,3,5,7H2,1-2H3,(H,13,14,16)/t8-,9-/m0/s1. The van der Waals surface area contributed by atoms with Crippen LogP contribution in [-0.2, 0) is 4.79 Å². The van der Waals surface area contributed by atoms with Crippen LogP contribution in [0.2, 0.25) is 0 Å². The molecule has 1 aliphatic heterocycles. The summed E-state index contributed by atoms with van der Waals surface area (Å²) in [6.07, 6.45) is 4.94. The lowest BCUT2D eigenvalue weighted by Crippen LogP contribution is -2.22. The Morgan fingerprint density at radius 3 is 3.24 bits per heavy atom. The van der Waals surface area contributed by atoms with Crippen LogP contribution in [0.4, 0.5) is 5.82 Å². The van der Waals surface area contributed by atoms with E-state index in [1.165, 1.54) is 11.8 Å². The Labute approximate surface area is 105 Å². The fraction of sp³-hybridized carbons (Fsp3) is 0.636. The molecule has 1 amide bonds. The fourth-order valence-corrected chi connectivity index (χ4v) is 2.08. The van der Waals surface area contributed by atoms with Gasteiger partial charge in [0.05, 0.1) is 11.3 Å². The average molecular weight is 254 g/mol. The summed E-state index contributed by atoms with van der Waals surface area (Å²) in [5.74, 6) is 0.648. The van der Waals surface area contributed by atoms with Crippen molar-refractivity contribution < 1.29 is 4.79 Å². The molecule has 6 heteroatoms. The van der Waals surface area contributed by atoms with E-state index >= 15 is 0 Å². The monoisotopic (exact) mass is 254 g/mol. The Balaban J connectivity index is 1.96. The number of aromatic nitrogens is 2. The van der Waals surface area contributed by atoms with Gasteiger partial charge in [0.25, 0.3) is 0 Å². The molecule has 2 heterocycles. The molecule has 94 valence electrons. The van der Waals surface area contributed by atoms with Gasteiger partial charge in [0.15, 0.2) is 5.82 Å². The SMILES string of the molecule is CS[C@@H](C)C(=O)Nc1ccn([C@H]2CCNC2)n1. The van der Waals surface area contributed by atoms with Crippen molar-refractivity contribution in [1.29, 1.82) is 0 Å². The first-order valence-electron chi connectivity index (χ1n) is 5.80. The second-order valence-electron chi connectivity index (χ2n) is 4.19. The van der Waals surface area contributed by atoms with E-state index in [-0.39, 0.29) is 11.2 Å². The van der Waals surface area contributed by atoms with Crippen molar-refractivity contribution in [1.82, 2.24) is 15.1 Å². The van der Waals surface area contributed by atoms with Crippen molar-refractivity contribution >= 4 is 23.5 Å². The largest absolute Gasteiger partial charge is 0.315 e. The summed E-state index contributed by atoms with van der Waals surface area (Å²) in [4.78, 5) is 11.7. The Kier molecular flexibility index (Phi) is 4.06. The van der Waals surface area contributed by atoms with Gasteiger partial charge in [-0.15, -0.1) is 0 Å². The number of anilines is 1. The number of nitrogens with one attached hydrogen (secondary N) is 2. The third kappa shape index (κ3) is 3.01. The predicted octanol–water partition coefficient (Wildman–Crippen LogP) is 1.11. The fourth-order valence-electron chi connectivity index (χ4n) is 1.81. The smallest absolute Gasteiger partial charge is 0.238 e. The molecule has 5 nitrogen and oxygen atoms in total. The lowest BCUT2D eigenvalue weighted by molar-refractivity contribution is -0.115. The molecule has 0 spiro atoms. The summed E-state index contributed by atoms with van der Waals surface area (Å²) in [5.41, 5.74) is 0. The molecule has 0 radical (unpaired) electrons. The highest BCUT2D eigenvalue weighted by atomic mass is 32.2. The molecular formula is C11H18N4OS. The Morgan fingerprint density at radius 2 is 2.59 bits per heavy atom. The number of nitrogens with zero attached hydrogens (tertiary/aromatic N) is 2. The van der Waals surface area contributed by atoms with Crippen LogP contribution in [0.3, 0.4) is 0 Å². The van der Waals surface area contributed by atoms with Crippen LogP contribution >= 0.6 is 11.8 Å². The summed E-state index contributed by atoms with van der Waals surface area (Å²) in [5, 5.41) is 10.5. The van der Waals surface area contributed by atoms with Crippen molar-refractivity contribution in [3.05, 3.63) is 12.3 Å². The molecule has 0 aromatic carbocycles. The number of hydrogen-bond acceptors (Lipinski definition) is 4. The minimum Gasteiger partial charge on any atom is -0.315 e. The summed E-state index contributed by atoms with van der Waals surface area (Å²) in [6, 6.07) is 2.27. The van der Waals surface area contributed by atoms with E-state index in [0.717, 1.165) is 19.5 Å². The molecule has 0 saturated carbocycles. The van der Waals surface area contributed by atoms with E-state index < -0.39 is 0 Å². The molecule has 0 unspecified atom stereocenters. The van der Waals surface area contributed by atoms with E-state index in [9.17, 15) is 4.79 Å². The second kappa shape index (κ2) is 5.55.